The van der Waals surface area contributed by atoms with Crippen LogP contribution in [0.25, 0.3) is 0 Å². The maximum absolute atomic E-state index is 12.9. The number of rotatable bonds is 5. The van der Waals surface area contributed by atoms with Crippen molar-refractivity contribution < 1.29 is 22.7 Å². The molecule has 116 valence electrons. The van der Waals surface area contributed by atoms with Gasteiger partial charge < -0.3 is 9.53 Å². The van der Waals surface area contributed by atoms with Gasteiger partial charge in [-0.3, -0.25) is 0 Å². The molecule has 0 amide bonds. The molecule has 0 heterocycles. The van der Waals surface area contributed by atoms with E-state index < -0.39 is 17.7 Å². The average molecular weight is 308 g/mol. The Morgan fingerprint density at radius 3 is 2.41 bits per heavy atom. The quantitative estimate of drug-likeness (QED) is 0.755. The fourth-order valence-corrected chi connectivity index (χ4v) is 1.95. The summed E-state index contributed by atoms with van der Waals surface area (Å²) >= 11 is 0. The number of carbonyl (C=O) groups is 1. The number of hydrogen-bond acceptors (Lipinski definition) is 2. The topological polar surface area (TPSA) is 26.3 Å². The van der Waals surface area contributed by atoms with Crippen molar-refractivity contribution in [2.45, 2.75) is 25.6 Å². The number of hydrogen-bond donors (Lipinski definition) is 0. The molecule has 2 rings (SSSR count). The van der Waals surface area contributed by atoms with Gasteiger partial charge in [0.25, 0.3) is 0 Å². The first-order chi connectivity index (χ1) is 10.4. The van der Waals surface area contributed by atoms with Crippen LogP contribution in [0.15, 0.2) is 48.5 Å². The first-order valence-electron chi connectivity index (χ1n) is 6.74. The van der Waals surface area contributed by atoms with Gasteiger partial charge in [0.15, 0.2) is 0 Å². The molecule has 5 heteroatoms. The highest BCUT2D eigenvalue weighted by atomic mass is 19.4. The Bertz CT molecular complexity index is 636. The van der Waals surface area contributed by atoms with Gasteiger partial charge in [-0.2, -0.15) is 13.2 Å². The molecule has 0 spiro atoms. The molecule has 2 aromatic carbocycles. The fourth-order valence-electron chi connectivity index (χ4n) is 1.95. The van der Waals surface area contributed by atoms with Crippen molar-refractivity contribution in [2.75, 3.05) is 0 Å². The number of alkyl halides is 3. The Kier molecular flexibility index (Phi) is 4.85. The van der Waals surface area contributed by atoms with Crippen molar-refractivity contribution in [3.05, 3.63) is 65.2 Å². The predicted molar refractivity (Wildman–Crippen MR) is 76.7 cm³/mol. The van der Waals surface area contributed by atoms with Crippen molar-refractivity contribution in [1.82, 2.24) is 0 Å². The van der Waals surface area contributed by atoms with Crippen molar-refractivity contribution in [1.29, 1.82) is 0 Å². The molecule has 2 nitrogen and oxygen atoms in total. The smallest absolute Gasteiger partial charge is 0.416 e. The van der Waals surface area contributed by atoms with Gasteiger partial charge >= 0.3 is 6.18 Å². The van der Waals surface area contributed by atoms with Crippen LogP contribution in [0.5, 0.6) is 5.75 Å². The van der Waals surface area contributed by atoms with E-state index in [1.807, 2.05) is 30.3 Å². The van der Waals surface area contributed by atoms with Gasteiger partial charge in [-0.25, -0.2) is 0 Å². The highest BCUT2D eigenvalue weighted by molar-refractivity contribution is 5.62. The zero-order valence-electron chi connectivity index (χ0n) is 11.9. The van der Waals surface area contributed by atoms with Crippen LogP contribution in [0.1, 0.15) is 29.5 Å². The van der Waals surface area contributed by atoms with Crippen LogP contribution in [-0.4, -0.2) is 6.29 Å². The van der Waals surface area contributed by atoms with E-state index in [1.165, 1.54) is 6.07 Å². The minimum absolute atomic E-state index is 0.0994. The summed E-state index contributed by atoms with van der Waals surface area (Å²) in [5, 5.41) is 0. The summed E-state index contributed by atoms with van der Waals surface area (Å²) in [6, 6.07) is 12.5. The lowest BCUT2D eigenvalue weighted by Crippen LogP contribution is -2.08. The molecule has 0 saturated heterocycles. The molecule has 0 aliphatic heterocycles. The average Bonchev–Trinajstić information content (AvgIpc) is 2.52. The van der Waals surface area contributed by atoms with Crippen molar-refractivity contribution in [3.63, 3.8) is 0 Å². The first-order valence-corrected chi connectivity index (χ1v) is 6.74. The molecular weight excluding hydrogens is 293 g/mol. The van der Waals surface area contributed by atoms with Crippen molar-refractivity contribution >= 4 is 6.29 Å². The van der Waals surface area contributed by atoms with E-state index in [-0.39, 0.29) is 17.9 Å². The number of benzene rings is 2. The van der Waals surface area contributed by atoms with E-state index in [1.54, 1.807) is 6.92 Å². The molecule has 1 unspecified atom stereocenters. The number of carbonyl (C=O) groups excluding carboxylic acids is 1. The van der Waals surface area contributed by atoms with Crippen LogP contribution in [0.3, 0.4) is 0 Å². The SMILES string of the molecule is CC(C=O)c1cc(OCc2ccccc2)cc(C(F)(F)F)c1. The molecule has 0 aromatic heterocycles. The van der Waals surface area contributed by atoms with Gasteiger partial charge in [0.05, 0.1) is 5.56 Å². The van der Waals surface area contributed by atoms with Crippen LogP contribution in [0.4, 0.5) is 13.2 Å². The van der Waals surface area contributed by atoms with Gasteiger partial charge in [0.2, 0.25) is 0 Å². The van der Waals surface area contributed by atoms with E-state index in [4.69, 9.17) is 4.74 Å². The van der Waals surface area contributed by atoms with Crippen LogP contribution >= 0.6 is 0 Å². The summed E-state index contributed by atoms with van der Waals surface area (Å²) in [5.74, 6) is -0.524. The van der Waals surface area contributed by atoms with Crippen molar-refractivity contribution in [3.8, 4) is 5.75 Å². The highest BCUT2D eigenvalue weighted by Gasteiger charge is 2.31. The van der Waals surface area contributed by atoms with Crippen LogP contribution in [0.2, 0.25) is 0 Å². The maximum Gasteiger partial charge on any atom is 0.416 e. The monoisotopic (exact) mass is 308 g/mol. The minimum atomic E-state index is -4.48. The lowest BCUT2D eigenvalue weighted by atomic mass is 9.99. The maximum atomic E-state index is 12.9. The second-order valence-corrected chi connectivity index (χ2v) is 4.99. The van der Waals surface area contributed by atoms with Gasteiger partial charge in [-0.1, -0.05) is 37.3 Å². The normalized spacial score (nSPS) is 12.7. The standard InChI is InChI=1S/C17H15F3O2/c1-12(10-21)14-7-15(17(18,19)20)9-16(8-14)22-11-13-5-3-2-4-6-13/h2-10,12H,11H2,1H3. The van der Waals surface area contributed by atoms with Crippen molar-refractivity contribution in [2.24, 2.45) is 0 Å². The molecule has 0 bridgehead atoms. The van der Waals surface area contributed by atoms with Crippen LogP contribution < -0.4 is 4.74 Å². The Morgan fingerprint density at radius 1 is 1.14 bits per heavy atom. The Hall–Kier alpha value is -2.30. The van der Waals surface area contributed by atoms with Gasteiger partial charge in [0.1, 0.15) is 18.6 Å². The summed E-state index contributed by atoms with van der Waals surface area (Å²) in [6.45, 7) is 1.71. The second-order valence-electron chi connectivity index (χ2n) is 4.99. The Balaban J connectivity index is 2.27. The first kappa shape index (κ1) is 16.1. The largest absolute Gasteiger partial charge is 0.489 e. The molecule has 2 aromatic rings. The third-order valence-electron chi connectivity index (χ3n) is 3.23. The van der Waals surface area contributed by atoms with E-state index >= 15 is 0 Å². The van der Waals surface area contributed by atoms with E-state index in [9.17, 15) is 18.0 Å². The molecule has 0 N–H and O–H groups in total. The van der Waals surface area contributed by atoms with Crippen LogP contribution in [-0.2, 0) is 17.6 Å². The van der Waals surface area contributed by atoms with E-state index in [2.05, 4.69) is 0 Å². The highest BCUT2D eigenvalue weighted by Crippen LogP contribution is 2.34. The Morgan fingerprint density at radius 2 is 1.82 bits per heavy atom. The predicted octanol–water partition coefficient (Wildman–Crippen LogP) is 4.59. The second kappa shape index (κ2) is 6.64. The molecular formula is C17H15F3O2. The zero-order valence-corrected chi connectivity index (χ0v) is 11.9. The molecule has 0 aliphatic carbocycles. The summed E-state index contributed by atoms with van der Waals surface area (Å²) in [7, 11) is 0. The van der Waals surface area contributed by atoms with E-state index in [0.29, 0.717) is 6.29 Å². The summed E-state index contributed by atoms with van der Waals surface area (Å²) in [5.41, 5.74) is 0.319. The molecule has 0 aliphatic rings. The number of aldehydes is 1. The molecule has 0 fully saturated rings. The molecule has 0 saturated carbocycles. The Labute approximate surface area is 126 Å². The summed E-state index contributed by atoms with van der Waals surface area (Å²) in [4.78, 5) is 10.8. The summed E-state index contributed by atoms with van der Waals surface area (Å²) < 4.78 is 44.3. The van der Waals surface area contributed by atoms with Gasteiger partial charge in [-0.05, 0) is 29.3 Å². The van der Waals surface area contributed by atoms with E-state index in [0.717, 1.165) is 17.7 Å². The third-order valence-corrected chi connectivity index (χ3v) is 3.23. The number of halogens is 3. The third kappa shape index (κ3) is 4.10. The fraction of sp³-hybridized carbons (Fsp3) is 0.235. The molecule has 1 atom stereocenters. The zero-order chi connectivity index (χ0) is 16.2. The van der Waals surface area contributed by atoms with Gasteiger partial charge in [0, 0.05) is 5.92 Å². The number of ether oxygens (including phenoxy) is 1. The minimum Gasteiger partial charge on any atom is -0.489 e. The molecule has 22 heavy (non-hydrogen) atoms. The molecule has 0 radical (unpaired) electrons. The van der Waals surface area contributed by atoms with Crippen LogP contribution in [0, 0.1) is 0 Å². The summed E-state index contributed by atoms with van der Waals surface area (Å²) in [6.07, 6.45) is -3.88. The van der Waals surface area contributed by atoms with Gasteiger partial charge in [-0.15, -0.1) is 0 Å². The lowest BCUT2D eigenvalue weighted by molar-refractivity contribution is -0.137. The lowest BCUT2D eigenvalue weighted by Gasteiger charge is -2.14.